The highest BCUT2D eigenvalue weighted by atomic mass is 79.9. The molecule has 2 fully saturated rings. The SMILES string of the molecule is Cc1cc(Br)c(N2C(=NC(=O)CCC(=O)O)S[C@@H]3CS(=O)(=O)C[C@H]32)c(Br)c1. The van der Waals surface area contributed by atoms with Crippen LogP contribution in [0.5, 0.6) is 0 Å². The average Bonchev–Trinajstić information content (AvgIpc) is 2.97. The second-order valence-electron chi connectivity index (χ2n) is 6.43. The maximum absolute atomic E-state index is 12.1. The van der Waals surface area contributed by atoms with Gasteiger partial charge < -0.3 is 10.0 Å². The van der Waals surface area contributed by atoms with Gasteiger partial charge in [0.1, 0.15) is 0 Å². The number of fused-ring (bicyclic) bond motifs is 1. The molecule has 0 aromatic heterocycles. The van der Waals surface area contributed by atoms with Crippen LogP contribution in [0.25, 0.3) is 0 Å². The number of carbonyl (C=O) groups excluding carboxylic acids is 1. The molecule has 0 saturated carbocycles. The first kappa shape index (κ1) is 20.8. The quantitative estimate of drug-likeness (QED) is 0.627. The van der Waals surface area contributed by atoms with Gasteiger partial charge in [-0.3, -0.25) is 9.59 Å². The number of rotatable bonds is 4. The van der Waals surface area contributed by atoms with Crippen molar-refractivity contribution in [2.45, 2.75) is 31.1 Å². The minimum Gasteiger partial charge on any atom is -0.481 e. The minimum atomic E-state index is -3.16. The Morgan fingerprint density at radius 3 is 2.48 bits per heavy atom. The molecule has 11 heteroatoms. The smallest absolute Gasteiger partial charge is 0.303 e. The van der Waals surface area contributed by atoms with Gasteiger partial charge in [0.2, 0.25) is 5.91 Å². The Bertz CT molecular complexity index is 925. The molecule has 2 saturated heterocycles. The van der Waals surface area contributed by atoms with Gasteiger partial charge in [-0.25, -0.2) is 8.42 Å². The molecule has 27 heavy (non-hydrogen) atoms. The molecule has 0 aliphatic carbocycles. The molecule has 1 N–H and O–H groups in total. The first-order valence-corrected chi connectivity index (χ1v) is 12.3. The standard InChI is InChI=1S/C16H16Br2N2O5S2/c1-8-4-9(17)15(10(18)5-8)20-11-6-27(24,25)7-12(11)26-16(20)19-13(21)2-3-14(22)23/h4-5,11-12H,2-3,6-7H2,1H3,(H,22,23)/t11-,12-/m1/s1. The zero-order valence-corrected chi connectivity index (χ0v) is 19.0. The van der Waals surface area contributed by atoms with Gasteiger partial charge in [-0.2, -0.15) is 4.99 Å². The number of aryl methyl sites for hydroxylation is 1. The van der Waals surface area contributed by atoms with E-state index in [2.05, 4.69) is 36.9 Å². The summed E-state index contributed by atoms with van der Waals surface area (Å²) < 4.78 is 25.7. The van der Waals surface area contributed by atoms with Crippen molar-refractivity contribution < 1.29 is 23.1 Å². The largest absolute Gasteiger partial charge is 0.481 e. The van der Waals surface area contributed by atoms with Crippen LogP contribution in [0.3, 0.4) is 0 Å². The molecule has 0 radical (unpaired) electrons. The third-order valence-corrected chi connectivity index (χ3v) is 8.66. The van der Waals surface area contributed by atoms with E-state index >= 15 is 0 Å². The van der Waals surface area contributed by atoms with Gasteiger partial charge in [0.15, 0.2) is 15.0 Å². The molecular formula is C16H16Br2N2O5S2. The number of carbonyl (C=O) groups is 2. The summed E-state index contributed by atoms with van der Waals surface area (Å²) in [4.78, 5) is 28.7. The number of hydrogen-bond acceptors (Lipinski definition) is 5. The van der Waals surface area contributed by atoms with E-state index in [4.69, 9.17) is 5.11 Å². The Morgan fingerprint density at radius 2 is 1.89 bits per heavy atom. The third-order valence-electron chi connectivity index (χ3n) is 4.24. The molecule has 146 valence electrons. The molecule has 2 heterocycles. The lowest BCUT2D eigenvalue weighted by atomic mass is 10.1. The molecule has 3 rings (SSSR count). The molecule has 2 atom stereocenters. The first-order valence-electron chi connectivity index (χ1n) is 8.02. The lowest BCUT2D eigenvalue weighted by Gasteiger charge is -2.27. The summed E-state index contributed by atoms with van der Waals surface area (Å²) in [6, 6.07) is 3.48. The van der Waals surface area contributed by atoms with Gasteiger partial charge >= 0.3 is 5.97 Å². The van der Waals surface area contributed by atoms with Crippen LogP contribution in [0.1, 0.15) is 18.4 Å². The predicted octanol–water partition coefficient (Wildman–Crippen LogP) is 2.99. The summed E-state index contributed by atoms with van der Waals surface area (Å²) >= 11 is 8.32. The third kappa shape index (κ3) is 4.57. The Kier molecular flexibility index (Phi) is 6.05. The predicted molar refractivity (Wildman–Crippen MR) is 112 cm³/mol. The zero-order chi connectivity index (χ0) is 19.9. The van der Waals surface area contributed by atoms with E-state index in [1.807, 2.05) is 19.1 Å². The van der Waals surface area contributed by atoms with Crippen molar-refractivity contribution in [2.75, 3.05) is 16.4 Å². The number of anilines is 1. The molecule has 1 amide bonds. The molecule has 0 spiro atoms. The van der Waals surface area contributed by atoms with Gasteiger partial charge in [-0.15, -0.1) is 0 Å². The molecule has 1 aromatic carbocycles. The van der Waals surface area contributed by atoms with Gasteiger partial charge in [-0.05, 0) is 56.5 Å². The highest BCUT2D eigenvalue weighted by Crippen LogP contribution is 2.46. The van der Waals surface area contributed by atoms with Crippen LogP contribution in [0.15, 0.2) is 26.1 Å². The molecule has 1 aromatic rings. The molecule has 7 nitrogen and oxygen atoms in total. The fourth-order valence-electron chi connectivity index (χ4n) is 3.12. The number of halogens is 2. The minimum absolute atomic E-state index is 0.0141. The number of sulfone groups is 1. The number of aliphatic imine (C=N–C) groups is 1. The number of amides is 1. The van der Waals surface area contributed by atoms with Gasteiger partial charge in [0.25, 0.3) is 0 Å². The van der Waals surface area contributed by atoms with Crippen LogP contribution >= 0.6 is 43.6 Å². The Balaban J connectivity index is 2.02. The van der Waals surface area contributed by atoms with E-state index in [1.165, 1.54) is 11.8 Å². The maximum Gasteiger partial charge on any atom is 0.303 e. The highest BCUT2D eigenvalue weighted by molar-refractivity contribution is 9.11. The fourth-order valence-corrected chi connectivity index (χ4v) is 8.84. The first-order chi connectivity index (χ1) is 12.6. The second kappa shape index (κ2) is 7.84. The number of thioether (sulfide) groups is 1. The van der Waals surface area contributed by atoms with E-state index in [0.717, 1.165) is 14.5 Å². The number of aliphatic carboxylic acids is 1. The Morgan fingerprint density at radius 1 is 1.26 bits per heavy atom. The molecule has 2 aliphatic heterocycles. The van der Waals surface area contributed by atoms with Crippen LogP contribution in [0.2, 0.25) is 0 Å². The van der Waals surface area contributed by atoms with Crippen molar-refractivity contribution in [2.24, 2.45) is 4.99 Å². The monoisotopic (exact) mass is 538 g/mol. The molecular weight excluding hydrogens is 524 g/mol. The molecule has 2 aliphatic rings. The highest BCUT2D eigenvalue weighted by Gasteiger charge is 2.50. The average molecular weight is 540 g/mol. The summed E-state index contributed by atoms with van der Waals surface area (Å²) in [5, 5.41) is 8.93. The lowest BCUT2D eigenvalue weighted by molar-refractivity contribution is -0.138. The van der Waals surface area contributed by atoms with E-state index in [0.29, 0.717) is 10.9 Å². The maximum atomic E-state index is 12.1. The van der Waals surface area contributed by atoms with E-state index in [-0.39, 0.29) is 35.6 Å². The van der Waals surface area contributed by atoms with Crippen LogP contribution in [0.4, 0.5) is 5.69 Å². The van der Waals surface area contributed by atoms with Crippen LogP contribution in [0, 0.1) is 6.92 Å². The van der Waals surface area contributed by atoms with E-state index in [9.17, 15) is 18.0 Å². The van der Waals surface area contributed by atoms with Crippen molar-refractivity contribution in [1.82, 2.24) is 0 Å². The molecule has 0 unspecified atom stereocenters. The van der Waals surface area contributed by atoms with Gasteiger partial charge in [0.05, 0.1) is 29.7 Å². The zero-order valence-electron chi connectivity index (χ0n) is 14.2. The summed E-state index contributed by atoms with van der Waals surface area (Å²) in [6.07, 6.45) is -0.490. The van der Waals surface area contributed by atoms with Crippen LogP contribution < -0.4 is 4.90 Å². The van der Waals surface area contributed by atoms with Gasteiger partial charge in [0, 0.05) is 20.6 Å². The van der Waals surface area contributed by atoms with Crippen LogP contribution in [-0.4, -0.2) is 53.4 Å². The number of benzene rings is 1. The number of carboxylic acids is 1. The van der Waals surface area contributed by atoms with Crippen LogP contribution in [-0.2, 0) is 19.4 Å². The topological polar surface area (TPSA) is 104 Å². The van der Waals surface area contributed by atoms with Crippen molar-refractivity contribution >= 4 is 76.2 Å². The van der Waals surface area contributed by atoms with Crippen molar-refractivity contribution in [3.05, 3.63) is 26.6 Å². The van der Waals surface area contributed by atoms with Crippen molar-refractivity contribution in [3.63, 3.8) is 0 Å². The van der Waals surface area contributed by atoms with Crippen molar-refractivity contribution in [1.29, 1.82) is 0 Å². The number of nitrogens with zero attached hydrogens (tertiary/aromatic N) is 2. The van der Waals surface area contributed by atoms with E-state index in [1.54, 1.807) is 4.90 Å². The number of amidine groups is 1. The summed E-state index contributed by atoms with van der Waals surface area (Å²) in [6.45, 7) is 1.94. The number of carboxylic acid groups (broad SMARTS) is 1. The number of hydrogen-bond donors (Lipinski definition) is 1. The summed E-state index contributed by atoms with van der Waals surface area (Å²) in [5.74, 6) is -1.58. The lowest BCUT2D eigenvalue weighted by Crippen LogP contribution is -2.38. The fraction of sp³-hybridized carbons (Fsp3) is 0.438. The second-order valence-corrected chi connectivity index (χ2v) is 11.5. The molecule has 0 bridgehead atoms. The normalized spacial score (nSPS) is 25.0. The summed E-state index contributed by atoms with van der Waals surface area (Å²) in [7, 11) is -3.16. The Labute approximate surface area is 177 Å². The van der Waals surface area contributed by atoms with Gasteiger partial charge in [-0.1, -0.05) is 11.8 Å². The summed E-state index contributed by atoms with van der Waals surface area (Å²) in [5.41, 5.74) is 1.72. The van der Waals surface area contributed by atoms with Crippen molar-refractivity contribution in [3.8, 4) is 0 Å². The Hall–Kier alpha value is -0.910. The van der Waals surface area contributed by atoms with E-state index < -0.39 is 21.7 Å².